The van der Waals surface area contributed by atoms with E-state index >= 15 is 0 Å². The average molecular weight is 311 g/mol. The van der Waals surface area contributed by atoms with Crippen LogP contribution in [-0.2, 0) is 0 Å². The van der Waals surface area contributed by atoms with Gasteiger partial charge in [-0.05, 0) is 57.5 Å². The van der Waals surface area contributed by atoms with Crippen molar-refractivity contribution in [1.82, 2.24) is 9.80 Å². The summed E-state index contributed by atoms with van der Waals surface area (Å²) in [6, 6.07) is 3.96. The molecule has 1 aromatic rings. The fourth-order valence-corrected chi connectivity index (χ4v) is 2.88. The second kappa shape index (κ2) is 8.02. The van der Waals surface area contributed by atoms with Crippen molar-refractivity contribution in [3.8, 4) is 5.75 Å². The number of hydrogen-bond acceptors (Lipinski definition) is 3. The fraction of sp³-hybridized carbons (Fsp3) is 0.647. The van der Waals surface area contributed by atoms with E-state index in [0.717, 1.165) is 29.4 Å². The zero-order valence-electron chi connectivity index (χ0n) is 13.5. The van der Waals surface area contributed by atoms with Crippen molar-refractivity contribution in [3.63, 3.8) is 0 Å². The van der Waals surface area contributed by atoms with E-state index in [4.69, 9.17) is 16.3 Å². The van der Waals surface area contributed by atoms with Crippen LogP contribution in [0.15, 0.2) is 12.1 Å². The van der Waals surface area contributed by atoms with Crippen LogP contribution in [0.5, 0.6) is 5.75 Å². The van der Waals surface area contributed by atoms with Crippen molar-refractivity contribution in [3.05, 3.63) is 28.3 Å². The summed E-state index contributed by atoms with van der Waals surface area (Å²) in [4.78, 5) is 4.94. The van der Waals surface area contributed by atoms with Gasteiger partial charge in [-0.2, -0.15) is 0 Å². The third-order valence-electron chi connectivity index (χ3n) is 4.34. The largest absolute Gasteiger partial charge is 0.492 e. The molecule has 0 amide bonds. The van der Waals surface area contributed by atoms with E-state index in [2.05, 4.69) is 30.7 Å². The Morgan fingerprint density at radius 2 is 1.81 bits per heavy atom. The van der Waals surface area contributed by atoms with Gasteiger partial charge >= 0.3 is 0 Å². The Bertz CT molecular complexity index is 456. The predicted molar refractivity (Wildman–Crippen MR) is 89.6 cm³/mol. The van der Waals surface area contributed by atoms with E-state index in [1.165, 1.54) is 44.7 Å². The van der Waals surface area contributed by atoms with Crippen LogP contribution in [0.4, 0.5) is 0 Å². The molecule has 1 fully saturated rings. The number of halogens is 1. The Labute approximate surface area is 133 Å². The van der Waals surface area contributed by atoms with E-state index in [1.54, 1.807) is 0 Å². The molecular weight excluding hydrogens is 284 g/mol. The topological polar surface area (TPSA) is 15.7 Å². The molecule has 1 aliphatic heterocycles. The maximum atomic E-state index is 6.21. The lowest BCUT2D eigenvalue weighted by Gasteiger charge is -2.32. The lowest BCUT2D eigenvalue weighted by molar-refractivity contribution is 0.150. The van der Waals surface area contributed by atoms with Gasteiger partial charge in [0.05, 0.1) is 11.6 Å². The number of piperazine rings is 1. The quantitative estimate of drug-likeness (QED) is 0.749. The van der Waals surface area contributed by atoms with Gasteiger partial charge < -0.3 is 14.5 Å². The normalized spacial score (nSPS) is 17.1. The average Bonchev–Trinajstić information content (AvgIpc) is 2.48. The first-order valence-electron chi connectivity index (χ1n) is 7.87. The van der Waals surface area contributed by atoms with Crippen molar-refractivity contribution in [1.29, 1.82) is 0 Å². The molecule has 0 N–H and O–H groups in total. The van der Waals surface area contributed by atoms with Crippen molar-refractivity contribution in [2.24, 2.45) is 0 Å². The lowest BCUT2D eigenvalue weighted by atomic mass is 10.1. The van der Waals surface area contributed by atoms with Crippen LogP contribution >= 0.6 is 11.6 Å². The van der Waals surface area contributed by atoms with Gasteiger partial charge in [0.2, 0.25) is 0 Å². The summed E-state index contributed by atoms with van der Waals surface area (Å²) >= 11 is 6.21. The monoisotopic (exact) mass is 310 g/mol. The van der Waals surface area contributed by atoms with Crippen LogP contribution in [0.1, 0.15) is 24.0 Å². The molecule has 1 saturated heterocycles. The van der Waals surface area contributed by atoms with Crippen LogP contribution in [0.3, 0.4) is 0 Å². The summed E-state index contributed by atoms with van der Waals surface area (Å²) in [7, 11) is 2.19. The van der Waals surface area contributed by atoms with Gasteiger partial charge in [-0.15, -0.1) is 0 Å². The molecule has 1 aliphatic rings. The first-order chi connectivity index (χ1) is 10.1. The number of nitrogens with zero attached hydrogens (tertiary/aromatic N) is 2. The van der Waals surface area contributed by atoms with E-state index in [1.807, 2.05) is 12.1 Å². The summed E-state index contributed by atoms with van der Waals surface area (Å²) in [5, 5.41) is 0.720. The Balaban J connectivity index is 1.67. The first-order valence-corrected chi connectivity index (χ1v) is 8.25. The van der Waals surface area contributed by atoms with E-state index < -0.39 is 0 Å². The second-order valence-corrected chi connectivity index (χ2v) is 6.43. The molecule has 21 heavy (non-hydrogen) atoms. The van der Waals surface area contributed by atoms with Crippen LogP contribution in [0.25, 0.3) is 0 Å². The highest BCUT2D eigenvalue weighted by molar-refractivity contribution is 6.32. The minimum absolute atomic E-state index is 0.720. The molecule has 0 unspecified atom stereocenters. The maximum Gasteiger partial charge on any atom is 0.141 e. The zero-order valence-corrected chi connectivity index (χ0v) is 14.2. The highest BCUT2D eigenvalue weighted by atomic mass is 35.5. The molecule has 2 rings (SSSR count). The summed E-state index contributed by atoms with van der Waals surface area (Å²) < 4.78 is 5.90. The van der Waals surface area contributed by atoms with Crippen molar-refractivity contribution < 1.29 is 4.74 Å². The van der Waals surface area contributed by atoms with Gasteiger partial charge in [0, 0.05) is 26.2 Å². The number of ether oxygens (including phenoxy) is 1. The molecule has 0 radical (unpaired) electrons. The summed E-state index contributed by atoms with van der Waals surface area (Å²) in [6.45, 7) is 10.9. The molecule has 4 heteroatoms. The molecule has 0 aliphatic carbocycles. The number of benzene rings is 1. The minimum atomic E-state index is 0.720. The Hall–Kier alpha value is -0.770. The van der Waals surface area contributed by atoms with Gasteiger partial charge in [0.1, 0.15) is 5.75 Å². The second-order valence-electron chi connectivity index (χ2n) is 6.02. The molecule has 118 valence electrons. The summed E-state index contributed by atoms with van der Waals surface area (Å²) in [6.07, 6.45) is 2.27. The standard InChI is InChI=1S/C17H27ClN2O/c1-14-6-7-16(18)17(15(14)2)21-13-5-4-8-20-11-9-19(3)10-12-20/h6-7H,4-5,8-13H2,1-3H3. The molecule has 1 aromatic carbocycles. The Morgan fingerprint density at radius 3 is 2.52 bits per heavy atom. The Kier molecular flexibility index (Phi) is 6.34. The van der Waals surface area contributed by atoms with Crippen molar-refractivity contribution in [2.45, 2.75) is 26.7 Å². The van der Waals surface area contributed by atoms with Gasteiger partial charge in [-0.25, -0.2) is 0 Å². The molecule has 0 spiro atoms. The van der Waals surface area contributed by atoms with E-state index in [9.17, 15) is 0 Å². The smallest absolute Gasteiger partial charge is 0.141 e. The fourth-order valence-electron chi connectivity index (χ4n) is 2.62. The minimum Gasteiger partial charge on any atom is -0.492 e. The molecule has 1 heterocycles. The number of rotatable bonds is 6. The van der Waals surface area contributed by atoms with Gasteiger partial charge in [0.25, 0.3) is 0 Å². The molecule has 0 saturated carbocycles. The lowest BCUT2D eigenvalue weighted by Crippen LogP contribution is -2.44. The first kappa shape index (κ1) is 16.6. The predicted octanol–water partition coefficient (Wildman–Crippen LogP) is 3.36. The molecule has 0 atom stereocenters. The van der Waals surface area contributed by atoms with Crippen molar-refractivity contribution in [2.75, 3.05) is 46.4 Å². The molecule has 3 nitrogen and oxygen atoms in total. The van der Waals surface area contributed by atoms with Gasteiger partial charge in [-0.3, -0.25) is 0 Å². The molecule has 0 bridgehead atoms. The number of aryl methyl sites for hydroxylation is 1. The van der Waals surface area contributed by atoms with Crippen molar-refractivity contribution >= 4 is 11.6 Å². The number of hydrogen-bond donors (Lipinski definition) is 0. The maximum absolute atomic E-state index is 6.21. The molecular formula is C17H27ClN2O. The SMILES string of the molecule is Cc1ccc(Cl)c(OCCCCN2CCN(C)CC2)c1C. The molecule has 0 aromatic heterocycles. The zero-order chi connectivity index (χ0) is 15.2. The summed E-state index contributed by atoms with van der Waals surface area (Å²) in [5.74, 6) is 0.858. The van der Waals surface area contributed by atoms with Crippen LogP contribution < -0.4 is 4.74 Å². The van der Waals surface area contributed by atoms with Gasteiger partial charge in [-0.1, -0.05) is 17.7 Å². The highest BCUT2D eigenvalue weighted by Crippen LogP contribution is 2.30. The number of likely N-dealkylation sites (N-methyl/N-ethyl adjacent to an activating group) is 1. The third kappa shape index (κ3) is 4.87. The van der Waals surface area contributed by atoms with Gasteiger partial charge in [0.15, 0.2) is 0 Å². The van der Waals surface area contributed by atoms with Crippen LogP contribution in [-0.4, -0.2) is 56.2 Å². The third-order valence-corrected chi connectivity index (χ3v) is 4.64. The van der Waals surface area contributed by atoms with E-state index in [0.29, 0.717) is 0 Å². The van der Waals surface area contributed by atoms with E-state index in [-0.39, 0.29) is 0 Å². The number of unbranched alkanes of at least 4 members (excludes halogenated alkanes) is 1. The highest BCUT2D eigenvalue weighted by Gasteiger charge is 2.13. The van der Waals surface area contributed by atoms with Crippen LogP contribution in [0.2, 0.25) is 5.02 Å². The Morgan fingerprint density at radius 1 is 1.10 bits per heavy atom. The van der Waals surface area contributed by atoms with Crippen LogP contribution in [0, 0.1) is 13.8 Å². The summed E-state index contributed by atoms with van der Waals surface area (Å²) in [5.41, 5.74) is 2.38.